The fourth-order valence-electron chi connectivity index (χ4n) is 1.55. The Morgan fingerprint density at radius 3 is 2.76 bits per heavy atom. The topological polar surface area (TPSA) is 55.1 Å². The van der Waals surface area contributed by atoms with Crippen molar-refractivity contribution in [3.05, 3.63) is 34.9 Å². The molecule has 0 spiro atoms. The van der Waals surface area contributed by atoms with E-state index in [4.69, 9.17) is 18.0 Å². The van der Waals surface area contributed by atoms with Gasteiger partial charge in [0.15, 0.2) is 0 Å². The molecule has 0 saturated heterocycles. The van der Waals surface area contributed by atoms with E-state index in [9.17, 15) is 4.79 Å². The summed E-state index contributed by atoms with van der Waals surface area (Å²) < 4.78 is 0. The maximum Gasteiger partial charge on any atom is 0.224 e. The summed E-state index contributed by atoms with van der Waals surface area (Å²) in [5.74, 6) is 0.00921. The summed E-state index contributed by atoms with van der Waals surface area (Å²) in [6.07, 6.45) is 0.957. The molecule has 1 amide bonds. The van der Waals surface area contributed by atoms with Crippen LogP contribution in [0.3, 0.4) is 0 Å². The number of benzene rings is 1. The van der Waals surface area contributed by atoms with E-state index >= 15 is 0 Å². The highest BCUT2D eigenvalue weighted by molar-refractivity contribution is 7.80. The van der Waals surface area contributed by atoms with Crippen molar-refractivity contribution in [3.63, 3.8) is 0 Å². The maximum absolute atomic E-state index is 11.7. The Labute approximate surface area is 107 Å². The van der Waals surface area contributed by atoms with E-state index < -0.39 is 0 Å². The Hall–Kier alpha value is -1.42. The van der Waals surface area contributed by atoms with E-state index in [1.54, 1.807) is 0 Å². The van der Waals surface area contributed by atoms with Crippen molar-refractivity contribution in [2.24, 2.45) is 5.73 Å². The summed E-state index contributed by atoms with van der Waals surface area (Å²) in [5, 5.41) is 2.80. The first-order valence-corrected chi connectivity index (χ1v) is 6.01. The van der Waals surface area contributed by atoms with Gasteiger partial charge in [-0.3, -0.25) is 4.79 Å². The van der Waals surface area contributed by atoms with E-state index in [2.05, 4.69) is 5.32 Å². The highest BCUT2D eigenvalue weighted by Crippen LogP contribution is 2.11. The quantitative estimate of drug-likeness (QED) is 0.781. The van der Waals surface area contributed by atoms with Crippen molar-refractivity contribution in [2.75, 3.05) is 6.54 Å². The lowest BCUT2D eigenvalue weighted by Crippen LogP contribution is -2.28. The Bertz CT molecular complexity index is 429. The lowest BCUT2D eigenvalue weighted by atomic mass is 10.0. The third-order valence-electron chi connectivity index (χ3n) is 2.55. The van der Waals surface area contributed by atoms with Crippen molar-refractivity contribution in [1.29, 1.82) is 0 Å². The lowest BCUT2D eigenvalue weighted by molar-refractivity contribution is -0.120. The fourth-order valence-corrected chi connectivity index (χ4v) is 1.65. The molecule has 0 aliphatic heterocycles. The molecule has 92 valence electrons. The summed E-state index contributed by atoms with van der Waals surface area (Å²) in [6, 6.07) is 6.12. The lowest BCUT2D eigenvalue weighted by Gasteiger charge is -2.08. The summed E-state index contributed by atoms with van der Waals surface area (Å²) in [4.78, 5) is 12.1. The van der Waals surface area contributed by atoms with Crippen LogP contribution in [0, 0.1) is 13.8 Å². The molecular formula is C13H18N2OS. The summed E-state index contributed by atoms with van der Waals surface area (Å²) >= 11 is 4.74. The van der Waals surface area contributed by atoms with Gasteiger partial charge >= 0.3 is 0 Å². The highest BCUT2D eigenvalue weighted by atomic mass is 32.1. The van der Waals surface area contributed by atoms with Crippen molar-refractivity contribution in [3.8, 4) is 0 Å². The third kappa shape index (κ3) is 4.95. The van der Waals surface area contributed by atoms with Gasteiger partial charge in [-0.1, -0.05) is 36.0 Å². The van der Waals surface area contributed by atoms with Crippen molar-refractivity contribution < 1.29 is 4.79 Å². The van der Waals surface area contributed by atoms with Crippen LogP contribution in [0.1, 0.15) is 23.1 Å². The van der Waals surface area contributed by atoms with E-state index in [0.717, 1.165) is 11.1 Å². The number of carbonyl (C=O) groups excluding carboxylic acids is 1. The molecule has 3 nitrogen and oxygen atoms in total. The van der Waals surface area contributed by atoms with E-state index in [-0.39, 0.29) is 5.91 Å². The molecule has 1 aromatic carbocycles. The zero-order valence-electron chi connectivity index (χ0n) is 10.2. The van der Waals surface area contributed by atoms with Gasteiger partial charge in [-0.25, -0.2) is 0 Å². The second kappa shape index (κ2) is 6.35. The minimum Gasteiger partial charge on any atom is -0.393 e. The van der Waals surface area contributed by atoms with Crippen LogP contribution in [0.5, 0.6) is 0 Å². The van der Waals surface area contributed by atoms with Crippen molar-refractivity contribution in [1.82, 2.24) is 5.32 Å². The smallest absolute Gasteiger partial charge is 0.224 e. The van der Waals surface area contributed by atoms with Gasteiger partial charge in [0.05, 0.1) is 11.4 Å². The number of carbonyl (C=O) groups is 1. The normalized spacial score (nSPS) is 10.0. The van der Waals surface area contributed by atoms with Crippen LogP contribution in [-0.2, 0) is 11.2 Å². The molecule has 0 aromatic heterocycles. The molecule has 0 bridgehead atoms. The molecule has 0 aliphatic rings. The van der Waals surface area contributed by atoms with Gasteiger partial charge in [-0.15, -0.1) is 0 Å². The molecule has 1 rings (SSSR count). The first-order chi connectivity index (χ1) is 7.99. The summed E-state index contributed by atoms with van der Waals surface area (Å²) in [6.45, 7) is 4.55. The van der Waals surface area contributed by atoms with Crippen LogP contribution in [0.25, 0.3) is 0 Å². The van der Waals surface area contributed by atoms with Gasteiger partial charge in [0.2, 0.25) is 5.91 Å². The molecule has 0 saturated carbocycles. The number of aryl methyl sites for hydroxylation is 2. The van der Waals surface area contributed by atoms with E-state index in [1.807, 2.05) is 32.0 Å². The van der Waals surface area contributed by atoms with Crippen LogP contribution >= 0.6 is 12.2 Å². The average Bonchev–Trinajstić information content (AvgIpc) is 2.23. The Morgan fingerprint density at radius 2 is 2.12 bits per heavy atom. The number of nitrogens with one attached hydrogen (secondary N) is 1. The zero-order chi connectivity index (χ0) is 12.8. The van der Waals surface area contributed by atoms with Crippen LogP contribution < -0.4 is 11.1 Å². The number of rotatable bonds is 5. The van der Waals surface area contributed by atoms with Crippen LogP contribution in [0.2, 0.25) is 0 Å². The zero-order valence-corrected chi connectivity index (χ0v) is 11.1. The molecule has 0 heterocycles. The van der Waals surface area contributed by atoms with Crippen LogP contribution in [-0.4, -0.2) is 17.4 Å². The van der Waals surface area contributed by atoms with Gasteiger partial charge in [0.1, 0.15) is 0 Å². The Balaban J connectivity index is 2.50. The SMILES string of the molecule is Cc1ccc(C)c(CC(=O)NCCC(N)=S)c1. The predicted molar refractivity (Wildman–Crippen MR) is 74.0 cm³/mol. The molecule has 0 aliphatic carbocycles. The van der Waals surface area contributed by atoms with Gasteiger partial charge < -0.3 is 11.1 Å². The molecular weight excluding hydrogens is 232 g/mol. The number of amides is 1. The molecule has 0 unspecified atom stereocenters. The Morgan fingerprint density at radius 1 is 1.41 bits per heavy atom. The first-order valence-electron chi connectivity index (χ1n) is 5.60. The number of nitrogens with two attached hydrogens (primary N) is 1. The second-order valence-electron chi connectivity index (χ2n) is 4.17. The molecule has 1 aromatic rings. The monoisotopic (exact) mass is 250 g/mol. The fraction of sp³-hybridized carbons (Fsp3) is 0.385. The summed E-state index contributed by atoms with van der Waals surface area (Å²) in [7, 11) is 0. The van der Waals surface area contributed by atoms with Crippen LogP contribution in [0.15, 0.2) is 18.2 Å². The molecule has 17 heavy (non-hydrogen) atoms. The molecule has 3 N–H and O–H groups in total. The van der Waals surface area contributed by atoms with Crippen molar-refractivity contribution >= 4 is 23.1 Å². The summed E-state index contributed by atoms with van der Waals surface area (Å²) in [5.41, 5.74) is 8.73. The predicted octanol–water partition coefficient (Wildman–Crippen LogP) is 1.64. The molecule has 0 fully saturated rings. The largest absolute Gasteiger partial charge is 0.393 e. The molecule has 0 radical (unpaired) electrons. The van der Waals surface area contributed by atoms with Gasteiger partial charge in [0, 0.05) is 13.0 Å². The molecule has 0 atom stereocenters. The third-order valence-corrected chi connectivity index (χ3v) is 2.75. The minimum absolute atomic E-state index is 0.00921. The van der Waals surface area contributed by atoms with Gasteiger partial charge in [-0.2, -0.15) is 0 Å². The number of hydrogen-bond acceptors (Lipinski definition) is 2. The van der Waals surface area contributed by atoms with Crippen LogP contribution in [0.4, 0.5) is 0 Å². The van der Waals surface area contributed by atoms with Gasteiger partial charge in [-0.05, 0) is 25.0 Å². The van der Waals surface area contributed by atoms with E-state index in [0.29, 0.717) is 24.4 Å². The first kappa shape index (κ1) is 13.6. The average molecular weight is 250 g/mol. The standard InChI is InChI=1S/C13H18N2OS/c1-9-3-4-10(2)11(7-9)8-13(16)15-6-5-12(14)17/h3-4,7H,5-6,8H2,1-2H3,(H2,14,17)(H,15,16). The minimum atomic E-state index is 0.00921. The number of thiocarbonyl (C=S) groups is 1. The maximum atomic E-state index is 11.7. The van der Waals surface area contributed by atoms with Gasteiger partial charge in [0.25, 0.3) is 0 Å². The Kier molecular flexibility index (Phi) is 5.10. The molecule has 4 heteroatoms. The second-order valence-corrected chi connectivity index (χ2v) is 4.70. The van der Waals surface area contributed by atoms with E-state index in [1.165, 1.54) is 5.56 Å². The van der Waals surface area contributed by atoms with Crippen molar-refractivity contribution in [2.45, 2.75) is 26.7 Å². The number of hydrogen-bond donors (Lipinski definition) is 2. The highest BCUT2D eigenvalue weighted by Gasteiger charge is 2.05.